The first-order valence-corrected chi connectivity index (χ1v) is 4.51. The normalized spacial score (nSPS) is 9.75. The number of hydrogen-bond donors (Lipinski definition) is 1. The summed E-state index contributed by atoms with van der Waals surface area (Å²) >= 11 is 3.28. The molecule has 0 aliphatic heterocycles. The first-order valence-electron chi connectivity index (χ1n) is 2.30. The van der Waals surface area contributed by atoms with Crippen LogP contribution in [0, 0.1) is 0 Å². The van der Waals surface area contributed by atoms with E-state index in [1.54, 1.807) is 31.0 Å². The summed E-state index contributed by atoms with van der Waals surface area (Å²) in [7, 11) is 1.71. The van der Waals surface area contributed by atoms with Crippen LogP contribution in [0.25, 0.3) is 0 Å². The van der Waals surface area contributed by atoms with Crippen LogP contribution in [-0.2, 0) is 4.74 Å². The standard InChI is InChI=1S/C4H11NOS2/c1-6-3-4-8-5-7-2/h5H,3-4H2,1-2H3. The molecule has 0 aliphatic carbocycles. The summed E-state index contributed by atoms with van der Waals surface area (Å²) in [4.78, 5) is 0. The lowest BCUT2D eigenvalue weighted by Crippen LogP contribution is -1.96. The van der Waals surface area contributed by atoms with Gasteiger partial charge in [0, 0.05) is 12.9 Å². The summed E-state index contributed by atoms with van der Waals surface area (Å²) in [5.41, 5.74) is 0. The molecular formula is C4H11NOS2. The minimum atomic E-state index is 0.818. The van der Waals surface area contributed by atoms with E-state index in [9.17, 15) is 0 Å². The monoisotopic (exact) mass is 153 g/mol. The third-order valence-corrected chi connectivity index (χ3v) is 2.04. The molecule has 0 atom stereocenters. The van der Waals surface area contributed by atoms with Crippen molar-refractivity contribution in [2.45, 2.75) is 0 Å². The maximum absolute atomic E-state index is 4.82. The lowest BCUT2D eigenvalue weighted by molar-refractivity contribution is 0.218. The van der Waals surface area contributed by atoms with Crippen LogP contribution < -0.4 is 4.13 Å². The molecule has 1 N–H and O–H groups in total. The van der Waals surface area contributed by atoms with Crippen molar-refractivity contribution in [1.82, 2.24) is 4.13 Å². The average molecular weight is 153 g/mol. The Morgan fingerprint density at radius 1 is 1.62 bits per heavy atom. The van der Waals surface area contributed by atoms with Crippen molar-refractivity contribution < 1.29 is 4.74 Å². The van der Waals surface area contributed by atoms with E-state index in [0.29, 0.717) is 0 Å². The molecule has 0 fully saturated rings. The van der Waals surface area contributed by atoms with Crippen LogP contribution in [-0.4, -0.2) is 25.7 Å². The van der Waals surface area contributed by atoms with Gasteiger partial charge in [0.15, 0.2) is 0 Å². The molecule has 0 amide bonds. The van der Waals surface area contributed by atoms with Crippen molar-refractivity contribution in [3.8, 4) is 0 Å². The van der Waals surface area contributed by atoms with E-state index < -0.39 is 0 Å². The molecule has 50 valence electrons. The average Bonchev–Trinajstić information content (AvgIpc) is 1.81. The lowest BCUT2D eigenvalue weighted by Gasteiger charge is -1.96. The second-order valence-corrected chi connectivity index (χ2v) is 2.90. The summed E-state index contributed by atoms with van der Waals surface area (Å²) in [5, 5.41) is 0. The predicted molar refractivity (Wildman–Crippen MR) is 41.0 cm³/mol. The van der Waals surface area contributed by atoms with Gasteiger partial charge in [0.05, 0.1) is 6.61 Å². The van der Waals surface area contributed by atoms with Crippen molar-refractivity contribution >= 4 is 23.9 Å². The quantitative estimate of drug-likeness (QED) is 0.472. The van der Waals surface area contributed by atoms with Crippen LogP contribution in [0.15, 0.2) is 0 Å². The fraction of sp³-hybridized carbons (Fsp3) is 1.00. The number of methoxy groups -OCH3 is 1. The van der Waals surface area contributed by atoms with Crippen molar-refractivity contribution in [3.05, 3.63) is 0 Å². The summed E-state index contributed by atoms with van der Waals surface area (Å²) < 4.78 is 7.85. The Kier molecular flexibility index (Phi) is 8.21. The number of ether oxygens (including phenoxy) is 1. The van der Waals surface area contributed by atoms with Crippen LogP contribution in [0.5, 0.6) is 0 Å². The zero-order chi connectivity index (χ0) is 6.24. The molecule has 0 saturated carbocycles. The molecule has 0 saturated heterocycles. The van der Waals surface area contributed by atoms with E-state index in [4.69, 9.17) is 4.74 Å². The van der Waals surface area contributed by atoms with Gasteiger partial charge in [-0.1, -0.05) is 23.9 Å². The Labute approximate surface area is 59.0 Å². The molecule has 0 aromatic rings. The van der Waals surface area contributed by atoms with E-state index in [1.165, 1.54) is 0 Å². The molecular weight excluding hydrogens is 142 g/mol. The summed E-state index contributed by atoms with van der Waals surface area (Å²) in [6, 6.07) is 0. The summed E-state index contributed by atoms with van der Waals surface area (Å²) in [6.07, 6.45) is 2.00. The molecule has 0 aromatic carbocycles. The van der Waals surface area contributed by atoms with E-state index in [1.807, 2.05) is 6.26 Å². The van der Waals surface area contributed by atoms with Gasteiger partial charge in [-0.15, -0.1) is 0 Å². The second kappa shape index (κ2) is 7.62. The second-order valence-electron chi connectivity index (χ2n) is 1.13. The first kappa shape index (κ1) is 8.62. The van der Waals surface area contributed by atoms with Gasteiger partial charge in [0.1, 0.15) is 0 Å². The highest BCUT2D eigenvalue weighted by molar-refractivity contribution is 8.12. The van der Waals surface area contributed by atoms with Crippen molar-refractivity contribution in [2.24, 2.45) is 0 Å². The van der Waals surface area contributed by atoms with Crippen molar-refractivity contribution in [2.75, 3.05) is 25.7 Å². The van der Waals surface area contributed by atoms with Gasteiger partial charge in [-0.2, -0.15) is 0 Å². The molecule has 0 bridgehead atoms. The fourth-order valence-electron chi connectivity index (χ4n) is 0.226. The van der Waals surface area contributed by atoms with Crippen molar-refractivity contribution in [1.29, 1.82) is 0 Å². The predicted octanol–water partition coefficient (Wildman–Crippen LogP) is 1.15. The minimum Gasteiger partial charge on any atom is -0.384 e. The molecule has 0 radical (unpaired) electrons. The zero-order valence-corrected chi connectivity index (χ0v) is 6.77. The Hall–Kier alpha value is 0.620. The fourth-order valence-corrected chi connectivity index (χ4v) is 1.28. The molecule has 0 spiro atoms. The molecule has 0 rings (SSSR count). The number of hydrogen-bond acceptors (Lipinski definition) is 4. The van der Waals surface area contributed by atoms with Crippen LogP contribution in [0.4, 0.5) is 0 Å². The maximum atomic E-state index is 4.82. The lowest BCUT2D eigenvalue weighted by atomic mass is 10.9. The van der Waals surface area contributed by atoms with E-state index in [2.05, 4.69) is 4.13 Å². The van der Waals surface area contributed by atoms with Crippen molar-refractivity contribution in [3.63, 3.8) is 0 Å². The van der Waals surface area contributed by atoms with E-state index in [0.717, 1.165) is 12.4 Å². The maximum Gasteiger partial charge on any atom is 0.0565 e. The Morgan fingerprint density at radius 3 is 2.88 bits per heavy atom. The SMILES string of the molecule is COCCSNSC. The Morgan fingerprint density at radius 2 is 2.38 bits per heavy atom. The Bertz CT molecular complexity index is 39.0. The summed E-state index contributed by atoms with van der Waals surface area (Å²) in [6.45, 7) is 0.818. The molecule has 0 heterocycles. The number of rotatable bonds is 5. The van der Waals surface area contributed by atoms with Gasteiger partial charge in [-0.05, 0) is 6.26 Å². The van der Waals surface area contributed by atoms with Gasteiger partial charge in [-0.25, -0.2) is 4.13 Å². The highest BCUT2D eigenvalue weighted by Gasteiger charge is 1.82. The highest BCUT2D eigenvalue weighted by atomic mass is 32.2. The largest absolute Gasteiger partial charge is 0.384 e. The van der Waals surface area contributed by atoms with E-state index >= 15 is 0 Å². The van der Waals surface area contributed by atoms with Crippen LogP contribution in [0.2, 0.25) is 0 Å². The first-order chi connectivity index (χ1) is 3.91. The van der Waals surface area contributed by atoms with E-state index in [-0.39, 0.29) is 0 Å². The van der Waals surface area contributed by atoms with Crippen LogP contribution >= 0.6 is 23.9 Å². The molecule has 4 heteroatoms. The Balaban J connectivity index is 2.53. The van der Waals surface area contributed by atoms with Gasteiger partial charge < -0.3 is 4.74 Å². The smallest absolute Gasteiger partial charge is 0.0565 e. The van der Waals surface area contributed by atoms with Crippen LogP contribution in [0.1, 0.15) is 0 Å². The third-order valence-electron chi connectivity index (χ3n) is 0.532. The minimum absolute atomic E-state index is 0.818. The number of nitrogens with one attached hydrogen (secondary N) is 1. The molecule has 0 aliphatic rings. The summed E-state index contributed by atoms with van der Waals surface area (Å²) in [5.74, 6) is 1.01. The van der Waals surface area contributed by atoms with Gasteiger partial charge in [-0.3, -0.25) is 0 Å². The molecule has 0 unspecified atom stereocenters. The highest BCUT2D eigenvalue weighted by Crippen LogP contribution is 1.97. The zero-order valence-electron chi connectivity index (χ0n) is 5.14. The molecule has 0 aromatic heterocycles. The molecule has 8 heavy (non-hydrogen) atoms. The third kappa shape index (κ3) is 6.62. The van der Waals surface area contributed by atoms with Gasteiger partial charge in [0.2, 0.25) is 0 Å². The molecule has 2 nitrogen and oxygen atoms in total. The van der Waals surface area contributed by atoms with Gasteiger partial charge >= 0.3 is 0 Å². The van der Waals surface area contributed by atoms with Gasteiger partial charge in [0.25, 0.3) is 0 Å². The van der Waals surface area contributed by atoms with Crippen LogP contribution in [0.3, 0.4) is 0 Å². The topological polar surface area (TPSA) is 21.3 Å².